The van der Waals surface area contributed by atoms with Gasteiger partial charge in [0, 0.05) is 0 Å². The molecule has 0 heterocycles. The molecule has 1 amide bonds. The molecule has 0 radical (unpaired) electrons. The zero-order valence-electron chi connectivity index (χ0n) is 16.2. The molecule has 1 N–H and O–H groups in total. The molecule has 0 saturated heterocycles. The lowest BCUT2D eigenvalue weighted by atomic mass is 10.2. The molecule has 9 heteroatoms. The summed E-state index contributed by atoms with van der Waals surface area (Å²) in [4.78, 5) is 34.6. The molecule has 0 saturated carbocycles. The van der Waals surface area contributed by atoms with E-state index >= 15 is 0 Å². The number of ether oxygens (including phenoxy) is 3. The van der Waals surface area contributed by atoms with E-state index in [0.29, 0.717) is 12.4 Å². The number of carbonyl (C=O) groups excluding carboxylic acids is 2. The first-order valence-electron chi connectivity index (χ1n) is 8.97. The number of nitro benzene ring substituents is 1. The minimum Gasteiger partial charge on any atom is -0.496 e. The lowest BCUT2D eigenvalue weighted by Crippen LogP contribution is -2.21. The second-order valence-corrected chi connectivity index (χ2v) is 5.99. The largest absolute Gasteiger partial charge is 0.496 e. The Balaban J connectivity index is 1.90. The van der Waals surface area contributed by atoms with E-state index < -0.39 is 23.4 Å². The van der Waals surface area contributed by atoms with Crippen molar-refractivity contribution in [2.24, 2.45) is 0 Å². The highest BCUT2D eigenvalue weighted by Crippen LogP contribution is 2.28. The lowest BCUT2D eigenvalue weighted by Gasteiger charge is -2.09. The molecule has 0 aliphatic rings. The molecule has 2 aromatic rings. The van der Waals surface area contributed by atoms with Crippen molar-refractivity contribution < 1.29 is 28.7 Å². The highest BCUT2D eigenvalue weighted by molar-refractivity contribution is 5.96. The number of anilines is 1. The Kier molecular flexibility index (Phi) is 7.96. The van der Waals surface area contributed by atoms with Crippen molar-refractivity contribution in [2.45, 2.75) is 19.8 Å². The minimum absolute atomic E-state index is 0.0228. The Morgan fingerprint density at radius 3 is 2.41 bits per heavy atom. The van der Waals surface area contributed by atoms with Gasteiger partial charge < -0.3 is 19.5 Å². The number of carbonyl (C=O) groups is 2. The normalized spacial score (nSPS) is 10.1. The molecule has 0 aliphatic carbocycles. The topological polar surface area (TPSA) is 117 Å². The number of rotatable bonds is 10. The molecular formula is C20H22N2O7. The highest BCUT2D eigenvalue weighted by atomic mass is 16.6. The van der Waals surface area contributed by atoms with Crippen molar-refractivity contribution in [2.75, 3.05) is 25.6 Å². The van der Waals surface area contributed by atoms with E-state index in [9.17, 15) is 19.7 Å². The van der Waals surface area contributed by atoms with Gasteiger partial charge in [-0.25, -0.2) is 4.79 Å². The van der Waals surface area contributed by atoms with E-state index in [0.717, 1.165) is 12.8 Å². The Bertz CT molecular complexity index is 866. The van der Waals surface area contributed by atoms with Crippen LogP contribution in [0.2, 0.25) is 0 Å². The summed E-state index contributed by atoms with van der Waals surface area (Å²) >= 11 is 0. The second kappa shape index (κ2) is 10.6. The van der Waals surface area contributed by atoms with Crippen LogP contribution in [0.4, 0.5) is 11.4 Å². The van der Waals surface area contributed by atoms with Crippen LogP contribution in [-0.2, 0) is 9.53 Å². The van der Waals surface area contributed by atoms with Crippen LogP contribution in [0, 0.1) is 10.1 Å². The number of nitrogens with one attached hydrogen (secondary N) is 1. The minimum atomic E-state index is -0.703. The number of benzene rings is 2. The molecule has 154 valence electrons. The van der Waals surface area contributed by atoms with Crippen LogP contribution in [0.3, 0.4) is 0 Å². The Hall–Kier alpha value is -3.62. The summed E-state index contributed by atoms with van der Waals surface area (Å²) < 4.78 is 15.4. The molecular weight excluding hydrogens is 380 g/mol. The molecule has 0 spiro atoms. The predicted octanol–water partition coefficient (Wildman–Crippen LogP) is 3.58. The molecule has 0 atom stereocenters. The first-order chi connectivity index (χ1) is 13.9. The van der Waals surface area contributed by atoms with Gasteiger partial charge in [0.15, 0.2) is 6.61 Å². The van der Waals surface area contributed by atoms with E-state index in [1.807, 2.05) is 0 Å². The van der Waals surface area contributed by atoms with E-state index in [4.69, 9.17) is 14.2 Å². The molecule has 2 aromatic carbocycles. The second-order valence-electron chi connectivity index (χ2n) is 5.99. The van der Waals surface area contributed by atoms with Crippen LogP contribution in [-0.4, -0.2) is 37.1 Å². The fourth-order valence-electron chi connectivity index (χ4n) is 2.32. The number of unbranched alkanes of at least 4 members (excludes halogenated alkanes) is 1. The van der Waals surface area contributed by atoms with Gasteiger partial charge in [0.1, 0.15) is 17.2 Å². The molecule has 29 heavy (non-hydrogen) atoms. The van der Waals surface area contributed by atoms with Gasteiger partial charge in [0.05, 0.1) is 30.3 Å². The summed E-state index contributed by atoms with van der Waals surface area (Å²) in [5.74, 6) is -0.474. The Labute approximate surface area is 167 Å². The maximum absolute atomic E-state index is 12.1. The monoisotopic (exact) mass is 402 g/mol. The summed E-state index contributed by atoms with van der Waals surface area (Å²) in [6.07, 6.45) is 1.96. The molecule has 0 aliphatic heterocycles. The van der Waals surface area contributed by atoms with Crippen molar-refractivity contribution in [3.8, 4) is 11.5 Å². The first kappa shape index (κ1) is 21.7. The van der Waals surface area contributed by atoms with Crippen LogP contribution in [0.1, 0.15) is 30.1 Å². The molecule has 0 fully saturated rings. The molecule has 0 unspecified atom stereocenters. The van der Waals surface area contributed by atoms with E-state index in [1.165, 1.54) is 37.4 Å². The van der Waals surface area contributed by atoms with Gasteiger partial charge in [-0.3, -0.25) is 14.9 Å². The van der Waals surface area contributed by atoms with Crippen LogP contribution < -0.4 is 14.8 Å². The predicted molar refractivity (Wildman–Crippen MR) is 105 cm³/mol. The third-order valence-electron chi connectivity index (χ3n) is 3.87. The van der Waals surface area contributed by atoms with Crippen molar-refractivity contribution in [3.05, 3.63) is 58.1 Å². The SMILES string of the molecule is CCCCOc1ccc(C(=O)OCC(=O)Nc2ccc(OC)cc2[N+](=O)[O-])cc1. The van der Waals surface area contributed by atoms with Crippen molar-refractivity contribution in [1.29, 1.82) is 0 Å². The van der Waals surface area contributed by atoms with Gasteiger partial charge in [-0.2, -0.15) is 0 Å². The van der Waals surface area contributed by atoms with E-state index in [1.54, 1.807) is 12.1 Å². The summed E-state index contributed by atoms with van der Waals surface area (Å²) in [7, 11) is 1.38. The highest BCUT2D eigenvalue weighted by Gasteiger charge is 2.18. The number of esters is 1. The van der Waals surface area contributed by atoms with Gasteiger partial charge in [0.25, 0.3) is 11.6 Å². The number of methoxy groups -OCH3 is 1. The average Bonchev–Trinajstić information content (AvgIpc) is 2.72. The first-order valence-corrected chi connectivity index (χ1v) is 8.97. The third-order valence-corrected chi connectivity index (χ3v) is 3.87. The van der Waals surface area contributed by atoms with Gasteiger partial charge in [-0.15, -0.1) is 0 Å². The standard InChI is InChI=1S/C20H22N2O7/c1-3-4-11-28-15-7-5-14(6-8-15)20(24)29-13-19(23)21-17-10-9-16(27-2)12-18(17)22(25)26/h5-10,12H,3-4,11,13H2,1-2H3,(H,21,23). The molecule has 2 rings (SSSR count). The number of nitrogens with zero attached hydrogens (tertiary/aromatic N) is 1. The molecule has 9 nitrogen and oxygen atoms in total. The van der Waals surface area contributed by atoms with Gasteiger partial charge in [0.2, 0.25) is 0 Å². The summed E-state index contributed by atoms with van der Waals surface area (Å²) in [5, 5.41) is 13.5. The van der Waals surface area contributed by atoms with Crippen LogP contribution in [0.15, 0.2) is 42.5 Å². The van der Waals surface area contributed by atoms with Crippen LogP contribution >= 0.6 is 0 Å². The third kappa shape index (κ3) is 6.49. The smallest absolute Gasteiger partial charge is 0.338 e. The Morgan fingerprint density at radius 1 is 1.10 bits per heavy atom. The fraction of sp³-hybridized carbons (Fsp3) is 0.300. The van der Waals surface area contributed by atoms with Crippen LogP contribution in [0.25, 0.3) is 0 Å². The fourth-order valence-corrected chi connectivity index (χ4v) is 2.32. The molecule has 0 aromatic heterocycles. The number of nitro groups is 1. The summed E-state index contributed by atoms with van der Waals surface area (Å²) in [6, 6.07) is 10.4. The Morgan fingerprint density at radius 2 is 1.79 bits per heavy atom. The van der Waals surface area contributed by atoms with Gasteiger partial charge in [-0.05, 0) is 42.8 Å². The van der Waals surface area contributed by atoms with Crippen molar-refractivity contribution >= 4 is 23.3 Å². The van der Waals surface area contributed by atoms with E-state index in [2.05, 4.69) is 12.2 Å². The quantitative estimate of drug-likeness (QED) is 0.279. The van der Waals surface area contributed by atoms with Crippen LogP contribution in [0.5, 0.6) is 11.5 Å². The summed E-state index contributed by atoms with van der Waals surface area (Å²) in [6.45, 7) is 2.07. The maximum atomic E-state index is 12.1. The molecule has 0 bridgehead atoms. The average molecular weight is 402 g/mol. The van der Waals surface area contributed by atoms with Gasteiger partial charge >= 0.3 is 5.97 Å². The number of hydrogen-bond donors (Lipinski definition) is 1. The van der Waals surface area contributed by atoms with E-state index in [-0.39, 0.29) is 22.7 Å². The van der Waals surface area contributed by atoms with Crippen molar-refractivity contribution in [1.82, 2.24) is 0 Å². The number of amides is 1. The summed E-state index contributed by atoms with van der Waals surface area (Å²) in [5.41, 5.74) is -0.0933. The lowest BCUT2D eigenvalue weighted by molar-refractivity contribution is -0.384. The maximum Gasteiger partial charge on any atom is 0.338 e. The van der Waals surface area contributed by atoms with Gasteiger partial charge in [-0.1, -0.05) is 13.3 Å². The zero-order valence-corrected chi connectivity index (χ0v) is 16.2. The van der Waals surface area contributed by atoms with Crippen molar-refractivity contribution in [3.63, 3.8) is 0 Å². The zero-order chi connectivity index (χ0) is 21.2. The number of hydrogen-bond acceptors (Lipinski definition) is 7.